The number of rotatable bonds is 3. The Balaban J connectivity index is 2.22. The third-order valence-electron chi connectivity index (χ3n) is 3.28. The zero-order chi connectivity index (χ0) is 14.0. The summed E-state index contributed by atoms with van der Waals surface area (Å²) in [5.74, 6) is -0.237. The fraction of sp³-hybridized carbons (Fsp3) is 0.250. The minimum absolute atomic E-state index is 0.211. The van der Waals surface area contributed by atoms with Crippen molar-refractivity contribution < 1.29 is 4.39 Å². The zero-order valence-corrected chi connectivity index (χ0v) is 12.4. The van der Waals surface area contributed by atoms with Crippen LogP contribution in [0.15, 0.2) is 36.4 Å². The van der Waals surface area contributed by atoms with Crippen molar-refractivity contribution in [2.75, 3.05) is 0 Å². The minimum atomic E-state index is -0.237. The second-order valence-corrected chi connectivity index (χ2v) is 5.69. The molecule has 0 nitrogen and oxygen atoms in total. The van der Waals surface area contributed by atoms with Crippen LogP contribution < -0.4 is 0 Å². The van der Waals surface area contributed by atoms with Gasteiger partial charge >= 0.3 is 0 Å². The molecular formula is C16H15Cl2F. The van der Waals surface area contributed by atoms with Crippen LogP contribution in [0.3, 0.4) is 0 Å². The van der Waals surface area contributed by atoms with E-state index in [9.17, 15) is 4.39 Å². The average Bonchev–Trinajstić information content (AvgIpc) is 2.36. The molecule has 0 aliphatic rings. The van der Waals surface area contributed by atoms with Gasteiger partial charge in [0.05, 0.1) is 5.38 Å². The smallest absolute Gasteiger partial charge is 0.123 e. The lowest BCUT2D eigenvalue weighted by Crippen LogP contribution is -1.98. The fourth-order valence-corrected chi connectivity index (χ4v) is 2.75. The van der Waals surface area contributed by atoms with Crippen LogP contribution in [0.4, 0.5) is 4.39 Å². The summed E-state index contributed by atoms with van der Waals surface area (Å²) in [7, 11) is 0. The highest BCUT2D eigenvalue weighted by atomic mass is 35.5. The van der Waals surface area contributed by atoms with Gasteiger partial charge in [-0.15, -0.1) is 11.6 Å². The van der Waals surface area contributed by atoms with Crippen LogP contribution in [0.25, 0.3) is 0 Å². The number of hydrogen-bond acceptors (Lipinski definition) is 0. The second-order valence-electron chi connectivity index (χ2n) is 4.76. The maximum Gasteiger partial charge on any atom is 0.123 e. The molecule has 0 fully saturated rings. The number of benzene rings is 2. The van der Waals surface area contributed by atoms with Gasteiger partial charge in [-0.3, -0.25) is 0 Å². The summed E-state index contributed by atoms with van der Waals surface area (Å²) in [4.78, 5) is 0. The van der Waals surface area contributed by atoms with E-state index in [-0.39, 0.29) is 11.2 Å². The first-order valence-electron chi connectivity index (χ1n) is 6.12. The molecule has 1 atom stereocenters. The van der Waals surface area contributed by atoms with Crippen LogP contribution in [0.1, 0.15) is 27.6 Å². The van der Waals surface area contributed by atoms with Crippen molar-refractivity contribution in [1.29, 1.82) is 0 Å². The molecule has 0 heterocycles. The quantitative estimate of drug-likeness (QED) is 0.645. The summed E-state index contributed by atoms with van der Waals surface area (Å²) in [6, 6.07) is 10.4. The van der Waals surface area contributed by atoms with Crippen molar-refractivity contribution >= 4 is 23.2 Å². The molecule has 1 unspecified atom stereocenters. The molecule has 0 aromatic heterocycles. The van der Waals surface area contributed by atoms with Crippen molar-refractivity contribution in [1.82, 2.24) is 0 Å². The van der Waals surface area contributed by atoms with Crippen molar-refractivity contribution in [3.8, 4) is 0 Å². The zero-order valence-electron chi connectivity index (χ0n) is 10.9. The first-order chi connectivity index (χ1) is 8.97. The Morgan fingerprint density at radius 1 is 1.05 bits per heavy atom. The minimum Gasteiger partial charge on any atom is -0.207 e. The summed E-state index contributed by atoms with van der Waals surface area (Å²) in [6.45, 7) is 4.06. The molecule has 3 heteroatoms. The Bertz CT molecular complexity index is 576. The number of aryl methyl sites for hydroxylation is 2. The number of alkyl halides is 1. The van der Waals surface area contributed by atoms with E-state index < -0.39 is 0 Å². The highest BCUT2D eigenvalue weighted by molar-refractivity contribution is 6.32. The fourth-order valence-electron chi connectivity index (χ4n) is 1.98. The van der Waals surface area contributed by atoms with Gasteiger partial charge < -0.3 is 0 Å². The van der Waals surface area contributed by atoms with Gasteiger partial charge in [0.1, 0.15) is 5.82 Å². The van der Waals surface area contributed by atoms with Crippen LogP contribution in [-0.2, 0) is 6.42 Å². The standard InChI is InChI=1S/C16H15Cl2F/c1-10-7-14(15(17)8-11(10)2)16(18)9-12-3-5-13(19)6-4-12/h3-8,16H,9H2,1-2H3. The van der Waals surface area contributed by atoms with Crippen molar-refractivity contribution in [2.45, 2.75) is 25.6 Å². The Hall–Kier alpha value is -1.05. The predicted octanol–water partition coefficient (Wildman–Crippen LogP) is 5.62. The monoisotopic (exact) mass is 296 g/mol. The maximum absolute atomic E-state index is 12.9. The van der Waals surface area contributed by atoms with Gasteiger partial charge in [-0.2, -0.15) is 0 Å². The Morgan fingerprint density at radius 2 is 1.63 bits per heavy atom. The van der Waals surface area contributed by atoms with Crippen LogP contribution in [0, 0.1) is 19.7 Å². The molecule has 2 aromatic carbocycles. The first-order valence-corrected chi connectivity index (χ1v) is 6.94. The number of hydrogen-bond donors (Lipinski definition) is 0. The third-order valence-corrected chi connectivity index (χ3v) is 4.00. The molecule has 0 N–H and O–H groups in total. The Labute approximate surface area is 123 Å². The van der Waals surface area contributed by atoms with E-state index in [4.69, 9.17) is 23.2 Å². The molecular weight excluding hydrogens is 282 g/mol. The lowest BCUT2D eigenvalue weighted by molar-refractivity contribution is 0.627. The lowest BCUT2D eigenvalue weighted by atomic mass is 10.00. The van der Waals surface area contributed by atoms with Gasteiger partial charge in [0.25, 0.3) is 0 Å². The molecule has 0 radical (unpaired) electrons. The molecule has 2 aromatic rings. The summed E-state index contributed by atoms with van der Waals surface area (Å²) in [5, 5.41) is 0.475. The third kappa shape index (κ3) is 3.49. The maximum atomic E-state index is 12.9. The predicted molar refractivity (Wildman–Crippen MR) is 79.6 cm³/mol. The topological polar surface area (TPSA) is 0 Å². The molecule has 0 spiro atoms. The average molecular weight is 297 g/mol. The van der Waals surface area contributed by atoms with Gasteiger partial charge in [-0.25, -0.2) is 4.39 Å². The van der Waals surface area contributed by atoms with Gasteiger partial charge in [0.15, 0.2) is 0 Å². The highest BCUT2D eigenvalue weighted by Gasteiger charge is 2.14. The summed E-state index contributed by atoms with van der Waals surface area (Å²) < 4.78 is 12.9. The van der Waals surface area contributed by atoms with Crippen LogP contribution in [0.2, 0.25) is 5.02 Å². The molecule has 2 rings (SSSR count). The first kappa shape index (κ1) is 14.4. The van der Waals surface area contributed by atoms with E-state index in [0.717, 1.165) is 16.7 Å². The highest BCUT2D eigenvalue weighted by Crippen LogP contribution is 2.32. The lowest BCUT2D eigenvalue weighted by Gasteiger charge is -2.14. The Kier molecular flexibility index (Phi) is 4.49. The van der Waals surface area contributed by atoms with E-state index in [0.29, 0.717) is 11.4 Å². The molecule has 0 bridgehead atoms. The van der Waals surface area contributed by atoms with Crippen LogP contribution in [-0.4, -0.2) is 0 Å². The molecule has 0 saturated heterocycles. The SMILES string of the molecule is Cc1cc(Cl)c(C(Cl)Cc2ccc(F)cc2)cc1C. The molecule has 0 aliphatic carbocycles. The van der Waals surface area contributed by atoms with Gasteiger partial charge in [-0.05, 0) is 60.7 Å². The molecule has 100 valence electrons. The number of halogens is 3. The summed E-state index contributed by atoms with van der Waals surface area (Å²) >= 11 is 12.7. The molecule has 0 amide bonds. The van der Waals surface area contributed by atoms with E-state index in [1.807, 2.05) is 26.0 Å². The summed E-state index contributed by atoms with van der Waals surface area (Å²) in [5.41, 5.74) is 4.25. The second kappa shape index (κ2) is 5.94. The van der Waals surface area contributed by atoms with E-state index in [1.54, 1.807) is 12.1 Å². The molecule has 19 heavy (non-hydrogen) atoms. The van der Waals surface area contributed by atoms with Crippen LogP contribution in [0.5, 0.6) is 0 Å². The van der Waals surface area contributed by atoms with Crippen molar-refractivity contribution in [2.24, 2.45) is 0 Å². The van der Waals surface area contributed by atoms with E-state index in [1.165, 1.54) is 17.7 Å². The van der Waals surface area contributed by atoms with E-state index >= 15 is 0 Å². The van der Waals surface area contributed by atoms with E-state index in [2.05, 4.69) is 0 Å². The normalized spacial score (nSPS) is 12.5. The van der Waals surface area contributed by atoms with Gasteiger partial charge in [0, 0.05) is 5.02 Å². The molecule has 0 aliphatic heterocycles. The van der Waals surface area contributed by atoms with Crippen LogP contribution >= 0.6 is 23.2 Å². The van der Waals surface area contributed by atoms with Crippen molar-refractivity contribution in [3.63, 3.8) is 0 Å². The van der Waals surface area contributed by atoms with Gasteiger partial charge in [-0.1, -0.05) is 29.8 Å². The summed E-state index contributed by atoms with van der Waals surface area (Å²) in [6.07, 6.45) is 0.629. The largest absolute Gasteiger partial charge is 0.207 e. The van der Waals surface area contributed by atoms with Crippen molar-refractivity contribution in [3.05, 3.63) is 69.5 Å². The molecule has 0 saturated carbocycles. The van der Waals surface area contributed by atoms with Gasteiger partial charge in [0.2, 0.25) is 0 Å². The Morgan fingerprint density at radius 3 is 2.26 bits per heavy atom.